The molecule has 7 heteroatoms. The van der Waals surface area contributed by atoms with Crippen LogP contribution in [-0.4, -0.2) is 19.9 Å². The normalized spacial score (nSPS) is 11.4. The summed E-state index contributed by atoms with van der Waals surface area (Å²) in [6.45, 7) is 0. The lowest BCUT2D eigenvalue weighted by atomic mass is 9.94. The second-order valence-electron chi connectivity index (χ2n) is 14.2. The lowest BCUT2D eigenvalue weighted by molar-refractivity contribution is 0.668. The highest BCUT2D eigenvalue weighted by molar-refractivity contribution is 6.07. The van der Waals surface area contributed by atoms with Gasteiger partial charge in [0.15, 0.2) is 5.82 Å². The highest BCUT2D eigenvalue weighted by Crippen LogP contribution is 2.40. The Kier molecular flexibility index (Phi) is 7.73. The van der Waals surface area contributed by atoms with Crippen molar-refractivity contribution in [3.8, 4) is 73.4 Å². The Bertz CT molecular complexity index is 3280. The molecule has 0 radical (unpaired) electrons. The van der Waals surface area contributed by atoms with Crippen molar-refractivity contribution in [1.29, 1.82) is 5.26 Å². The summed E-state index contributed by atoms with van der Waals surface area (Å²) in [4.78, 5) is 19.3. The lowest BCUT2D eigenvalue weighted by Crippen LogP contribution is -1.98. The molecule has 11 rings (SSSR count). The summed E-state index contributed by atoms with van der Waals surface area (Å²) in [7, 11) is 0. The van der Waals surface area contributed by atoms with Gasteiger partial charge in [0, 0.05) is 62.4 Å². The highest BCUT2D eigenvalue weighted by Gasteiger charge is 2.18. The van der Waals surface area contributed by atoms with Crippen molar-refractivity contribution in [3.05, 3.63) is 182 Å². The van der Waals surface area contributed by atoms with Crippen molar-refractivity contribution in [2.75, 3.05) is 0 Å². The van der Waals surface area contributed by atoms with E-state index in [1.54, 1.807) is 18.5 Å². The third-order valence-electron chi connectivity index (χ3n) is 10.7. The molecule has 0 saturated heterocycles. The van der Waals surface area contributed by atoms with Gasteiger partial charge >= 0.3 is 0 Å². The van der Waals surface area contributed by atoms with Gasteiger partial charge in [0.2, 0.25) is 0 Å². The molecule has 0 bridgehead atoms. The molecular weight excluding hydrogens is 715 g/mol. The highest BCUT2D eigenvalue weighted by atomic mass is 16.3. The average Bonchev–Trinajstić information content (AvgIpc) is 3.87. The first kappa shape index (κ1) is 33.2. The first-order valence-corrected chi connectivity index (χ1v) is 18.9. The van der Waals surface area contributed by atoms with E-state index >= 15 is 0 Å². The first-order valence-electron chi connectivity index (χ1n) is 18.9. The minimum absolute atomic E-state index is 0.335. The van der Waals surface area contributed by atoms with Crippen LogP contribution < -0.4 is 0 Å². The van der Waals surface area contributed by atoms with Crippen LogP contribution >= 0.6 is 0 Å². The largest absolute Gasteiger partial charge is 0.456 e. The fourth-order valence-corrected chi connectivity index (χ4v) is 7.86. The number of hydrogen-bond donors (Lipinski definition) is 0. The van der Waals surface area contributed by atoms with Gasteiger partial charge in [-0.15, -0.1) is 0 Å². The van der Waals surface area contributed by atoms with Crippen molar-refractivity contribution >= 4 is 43.9 Å². The smallest absolute Gasteiger partial charge is 0.160 e. The second-order valence-corrected chi connectivity index (χ2v) is 14.2. The van der Waals surface area contributed by atoms with Crippen LogP contribution in [0.4, 0.5) is 0 Å². The van der Waals surface area contributed by atoms with Crippen molar-refractivity contribution in [3.63, 3.8) is 0 Å². The van der Waals surface area contributed by atoms with Gasteiger partial charge in [0.05, 0.1) is 11.4 Å². The van der Waals surface area contributed by atoms with E-state index in [9.17, 15) is 5.26 Å². The van der Waals surface area contributed by atoms with Crippen LogP contribution in [0.1, 0.15) is 5.69 Å². The average molecular weight is 744 g/mol. The Morgan fingerprint density at radius 2 is 1.00 bits per heavy atom. The third-order valence-corrected chi connectivity index (χ3v) is 10.7. The van der Waals surface area contributed by atoms with Gasteiger partial charge in [-0.05, 0) is 107 Å². The SMILES string of the molecule is N#Cc1ccc(-c2cc(-c3ccccc3-c3cccnc3)nc(-c3cc(-c4ccc5oc6ccccc6c5c4)cc(-c4ccc5oc6ccccc6c5c4)c3)n2)cn1. The van der Waals surface area contributed by atoms with Gasteiger partial charge in [0.25, 0.3) is 0 Å². The Hall–Kier alpha value is -8.21. The molecule has 0 amide bonds. The number of fused-ring (bicyclic) bond motifs is 6. The molecule has 7 nitrogen and oxygen atoms in total. The lowest BCUT2D eigenvalue weighted by Gasteiger charge is -2.14. The topological polar surface area (TPSA) is 102 Å². The number of nitriles is 1. The van der Waals surface area contributed by atoms with Gasteiger partial charge < -0.3 is 8.83 Å². The van der Waals surface area contributed by atoms with E-state index in [1.165, 1.54) is 0 Å². The molecule has 0 aliphatic rings. The van der Waals surface area contributed by atoms with Crippen LogP contribution in [0.15, 0.2) is 185 Å². The van der Waals surface area contributed by atoms with Crippen LogP contribution in [0.3, 0.4) is 0 Å². The molecule has 0 saturated carbocycles. The second kappa shape index (κ2) is 13.5. The number of aromatic nitrogens is 4. The zero-order chi connectivity index (χ0) is 38.6. The number of benzene rings is 6. The predicted molar refractivity (Wildman–Crippen MR) is 230 cm³/mol. The fourth-order valence-electron chi connectivity index (χ4n) is 7.86. The Balaban J connectivity index is 1.15. The molecule has 5 heterocycles. The van der Waals surface area contributed by atoms with E-state index < -0.39 is 0 Å². The Morgan fingerprint density at radius 3 is 1.62 bits per heavy atom. The molecule has 58 heavy (non-hydrogen) atoms. The van der Waals surface area contributed by atoms with E-state index in [2.05, 4.69) is 88.8 Å². The number of rotatable bonds is 6. The van der Waals surface area contributed by atoms with E-state index in [4.69, 9.17) is 18.8 Å². The van der Waals surface area contributed by atoms with E-state index in [1.807, 2.05) is 85.1 Å². The van der Waals surface area contributed by atoms with Crippen LogP contribution in [0.5, 0.6) is 0 Å². The van der Waals surface area contributed by atoms with Crippen LogP contribution in [0.25, 0.3) is 111 Å². The van der Waals surface area contributed by atoms with Gasteiger partial charge in [-0.2, -0.15) is 5.26 Å². The molecule has 0 aliphatic heterocycles. The molecule has 0 unspecified atom stereocenters. The summed E-state index contributed by atoms with van der Waals surface area (Å²) < 4.78 is 12.4. The number of hydrogen-bond acceptors (Lipinski definition) is 7. The predicted octanol–water partition coefficient (Wildman–Crippen LogP) is 12.9. The summed E-state index contributed by atoms with van der Waals surface area (Å²) in [6, 6.07) is 55.4. The number of pyridine rings is 2. The molecule has 0 spiro atoms. The summed E-state index contributed by atoms with van der Waals surface area (Å²) in [6.07, 6.45) is 5.33. The third kappa shape index (κ3) is 5.76. The van der Waals surface area contributed by atoms with E-state index in [0.717, 1.165) is 99.6 Å². The molecular formula is C51H29N5O2. The van der Waals surface area contributed by atoms with Crippen LogP contribution in [0.2, 0.25) is 0 Å². The summed E-state index contributed by atoms with van der Waals surface area (Å²) in [5, 5.41) is 13.7. The first-order chi connectivity index (χ1) is 28.6. The maximum atomic E-state index is 9.51. The van der Waals surface area contributed by atoms with E-state index in [-0.39, 0.29) is 0 Å². The summed E-state index contributed by atoms with van der Waals surface area (Å²) in [5.41, 5.74) is 13.7. The van der Waals surface area contributed by atoms with Crippen molar-refractivity contribution in [2.45, 2.75) is 0 Å². The van der Waals surface area contributed by atoms with Gasteiger partial charge in [-0.1, -0.05) is 78.9 Å². The molecule has 5 aromatic heterocycles. The van der Waals surface area contributed by atoms with Crippen LogP contribution in [-0.2, 0) is 0 Å². The Morgan fingerprint density at radius 1 is 0.414 bits per heavy atom. The minimum Gasteiger partial charge on any atom is -0.456 e. The van der Waals surface area contributed by atoms with Crippen LogP contribution in [0, 0.1) is 11.3 Å². The zero-order valence-corrected chi connectivity index (χ0v) is 30.8. The number of nitrogens with zero attached hydrogens (tertiary/aromatic N) is 5. The van der Waals surface area contributed by atoms with E-state index in [0.29, 0.717) is 17.2 Å². The summed E-state index contributed by atoms with van der Waals surface area (Å²) >= 11 is 0. The fraction of sp³-hybridized carbons (Fsp3) is 0. The number of furan rings is 2. The molecule has 0 aliphatic carbocycles. The molecule has 6 aromatic carbocycles. The van der Waals surface area contributed by atoms with Gasteiger partial charge in [-0.3, -0.25) is 4.98 Å². The van der Waals surface area contributed by atoms with Crippen molar-refractivity contribution < 1.29 is 8.83 Å². The molecule has 11 aromatic rings. The van der Waals surface area contributed by atoms with Gasteiger partial charge in [-0.25, -0.2) is 15.0 Å². The zero-order valence-electron chi connectivity index (χ0n) is 30.8. The van der Waals surface area contributed by atoms with Crippen molar-refractivity contribution in [2.24, 2.45) is 0 Å². The summed E-state index contributed by atoms with van der Waals surface area (Å²) in [5.74, 6) is 0.547. The standard InChI is InChI=1S/C51H29N5O2/c52-28-38-18-15-34(30-54-38)45-27-46(40-10-2-1-9-39(40)33-8-7-21-53-29-33)56-51(55-45)37-23-35(31-16-19-49-43(25-31)41-11-3-5-13-47(41)57-49)22-36(24-37)32-17-20-50-44(26-32)42-12-4-6-14-48(42)58-50/h1-27,29-30H. The van der Waals surface area contributed by atoms with Gasteiger partial charge in [0.1, 0.15) is 34.1 Å². The molecule has 0 N–H and O–H groups in total. The number of para-hydroxylation sites is 2. The molecule has 0 fully saturated rings. The molecule has 0 atom stereocenters. The maximum Gasteiger partial charge on any atom is 0.160 e. The maximum absolute atomic E-state index is 9.51. The molecule has 270 valence electrons. The quantitative estimate of drug-likeness (QED) is 0.167. The van der Waals surface area contributed by atoms with Crippen molar-refractivity contribution in [1.82, 2.24) is 19.9 Å². The minimum atomic E-state index is 0.335. The monoisotopic (exact) mass is 743 g/mol. The Labute approximate surface area is 332 Å².